The minimum atomic E-state index is -3.62. The molecule has 3 fully saturated rings. The maximum atomic E-state index is 11.2. The number of ether oxygens (including phenoxy) is 5. The number of halogens is 2. The van der Waals surface area contributed by atoms with Gasteiger partial charge in [-0.2, -0.15) is 0 Å². The molecule has 0 atom stereocenters. The quantitative estimate of drug-likeness (QED) is 0.0650. The van der Waals surface area contributed by atoms with Gasteiger partial charge in [0.15, 0.2) is 0 Å². The molecular weight excluding hydrogens is 1070 g/mol. The van der Waals surface area contributed by atoms with Crippen molar-refractivity contribution >= 4 is 51.7 Å². The molecule has 2 aliphatic carbocycles. The van der Waals surface area contributed by atoms with Crippen molar-refractivity contribution in [3.8, 4) is 17.2 Å². The molecule has 5 aromatic carbocycles. The topological polar surface area (TPSA) is 86.8 Å². The fourth-order valence-electron chi connectivity index (χ4n) is 9.42. The predicted molar refractivity (Wildman–Crippen MR) is 311 cm³/mol. The van der Waals surface area contributed by atoms with Crippen LogP contribution >= 0.6 is 19.4 Å². The van der Waals surface area contributed by atoms with Gasteiger partial charge in [-0.3, -0.25) is 0 Å². The van der Waals surface area contributed by atoms with E-state index in [2.05, 4.69) is 109 Å². The van der Waals surface area contributed by atoms with Crippen molar-refractivity contribution in [1.82, 2.24) is 0 Å². The molecule has 3 aliphatic rings. The van der Waals surface area contributed by atoms with E-state index in [1.807, 2.05) is 38.1 Å². The fourth-order valence-corrected chi connectivity index (χ4v) is 15.5. The normalized spacial score (nSPS) is 14.1. The van der Waals surface area contributed by atoms with Gasteiger partial charge in [0.2, 0.25) is 0 Å². The third-order valence-corrected chi connectivity index (χ3v) is 18.1. The Bertz CT molecular complexity index is 2780. The van der Waals surface area contributed by atoms with E-state index in [-0.39, 0.29) is 18.0 Å². The van der Waals surface area contributed by atoms with Crippen molar-refractivity contribution < 1.29 is 45.2 Å². The number of aryl methyl sites for hydroxylation is 6. The van der Waals surface area contributed by atoms with E-state index in [9.17, 15) is 9.59 Å². The number of rotatable bonds is 13. The summed E-state index contributed by atoms with van der Waals surface area (Å²) in [4.78, 5) is 27.1. The molecule has 1 heterocycles. The van der Waals surface area contributed by atoms with Gasteiger partial charge in [-0.15, -0.1) is 0 Å². The molecule has 0 radical (unpaired) electrons. The molecule has 9 nitrogen and oxygen atoms in total. The Labute approximate surface area is 458 Å². The van der Waals surface area contributed by atoms with Crippen LogP contribution in [0.3, 0.4) is 0 Å². The SMILES string of the molecule is C=C1CCCC1.C=CCOc1ccc(C(=O)OC)cc1.COC(=O)c1ccc(OCC=C2CCCC2)cc1.Cc1cc(C)c(N2CCN(c3c(C)cc(C)cc3C)[C]2=[Ru]([Cl])([Cl])=[CH]c2ccccc2OC(C)C)c(C)c1. The molecule has 8 rings (SSSR count). The van der Waals surface area contributed by atoms with E-state index >= 15 is 0 Å². The second kappa shape index (κ2) is 29.5. The molecule has 0 amide bonds. The summed E-state index contributed by atoms with van der Waals surface area (Å²) in [6.07, 6.45) is 14.3. The summed E-state index contributed by atoms with van der Waals surface area (Å²) in [5.74, 6) is 1.62. The third kappa shape index (κ3) is 17.9. The van der Waals surface area contributed by atoms with E-state index in [4.69, 9.17) is 33.6 Å². The van der Waals surface area contributed by atoms with Crippen molar-refractivity contribution in [1.29, 1.82) is 0 Å². The van der Waals surface area contributed by atoms with Crippen LogP contribution in [0.5, 0.6) is 17.2 Å². The molecule has 12 heteroatoms. The first-order valence-corrected chi connectivity index (χ1v) is 32.1. The van der Waals surface area contributed by atoms with Gasteiger partial charge >= 0.3 is 246 Å². The second-order valence-corrected chi connectivity index (χ2v) is 28.5. The molecule has 0 aromatic heterocycles. The standard InChI is InChI=1S/C21H26N2.C15H18O3.C11H12O3.C10H12O.C6H10.2ClH.Ru/c1-14-9-16(3)20(17(4)10-14)22-7-8-23(13-22)21-18(5)11-15(2)12-19(21)6;1-17-15(16)13-6-8-14(9-7-13)18-11-10-12-4-2-3-5-12;1-3-8-14-10-6-4-9(5-7-10)11(12)13-2;1-8(2)11-10-7-5-4-6-9(10)3;1-6-4-2-3-5-6;;;/h9-12H,7-8H2,1-6H3;6-10H,2-5,11H2,1H3;3-7H,1,8H2,2H3;3-8H,1-2H3;1-5H2;2*1H;/q;;;;;;;+2/p-2. The summed E-state index contributed by atoms with van der Waals surface area (Å²) in [5.41, 5.74) is 14.8. The number of hydrogen-bond donors (Lipinski definition) is 0. The zero-order valence-corrected chi connectivity index (χ0v) is 49.1. The van der Waals surface area contributed by atoms with E-state index in [1.165, 1.54) is 121 Å². The Morgan fingerprint density at radius 2 is 1.07 bits per heavy atom. The summed E-state index contributed by atoms with van der Waals surface area (Å²) >= 11 is -3.62. The molecular formula is C63H78Cl2N2O7Ru. The molecule has 0 unspecified atom stereocenters. The first-order valence-electron chi connectivity index (χ1n) is 25.7. The molecule has 404 valence electrons. The predicted octanol–water partition coefficient (Wildman–Crippen LogP) is 15.6. The van der Waals surface area contributed by atoms with Crippen LogP contribution in [0.15, 0.2) is 134 Å². The number of anilines is 2. The Morgan fingerprint density at radius 3 is 1.47 bits per heavy atom. The van der Waals surface area contributed by atoms with Crippen molar-refractivity contribution in [2.75, 3.05) is 50.3 Å². The number of nitrogens with zero attached hydrogens (tertiary/aromatic N) is 2. The van der Waals surface area contributed by atoms with Gasteiger partial charge in [0, 0.05) is 0 Å². The van der Waals surface area contributed by atoms with E-state index in [0.717, 1.165) is 34.5 Å². The van der Waals surface area contributed by atoms with Crippen molar-refractivity contribution in [2.45, 2.75) is 113 Å². The number of hydrogen-bond acceptors (Lipinski definition) is 9. The van der Waals surface area contributed by atoms with Gasteiger partial charge in [-0.25, -0.2) is 9.59 Å². The van der Waals surface area contributed by atoms with Crippen LogP contribution in [0.1, 0.15) is 125 Å². The molecule has 1 aliphatic heterocycles. The second-order valence-electron chi connectivity index (χ2n) is 19.3. The summed E-state index contributed by atoms with van der Waals surface area (Å²) in [7, 11) is 17.8. The zero-order chi connectivity index (χ0) is 54.7. The Balaban J connectivity index is 0.000000224. The molecule has 75 heavy (non-hydrogen) atoms. The van der Waals surface area contributed by atoms with Crippen LogP contribution < -0.4 is 24.0 Å². The number of benzene rings is 5. The Kier molecular flexibility index (Phi) is 23.6. The average molecular weight is 1150 g/mol. The van der Waals surface area contributed by atoms with Gasteiger partial charge in [0.05, 0.1) is 25.3 Å². The number of esters is 2. The molecule has 1 saturated heterocycles. The molecule has 0 N–H and O–H groups in total. The van der Waals surface area contributed by atoms with Gasteiger partial charge < -0.3 is 18.9 Å². The Morgan fingerprint density at radius 1 is 0.640 bits per heavy atom. The maximum absolute atomic E-state index is 11.2. The van der Waals surface area contributed by atoms with Crippen LogP contribution in [0.2, 0.25) is 0 Å². The fraction of sp³-hybridized carbons (Fsp3) is 0.365. The summed E-state index contributed by atoms with van der Waals surface area (Å²) in [6, 6.07) is 30.8. The number of para-hydroxylation sites is 1. The molecule has 0 bridgehead atoms. The van der Waals surface area contributed by atoms with Crippen molar-refractivity contribution in [3.05, 3.63) is 184 Å². The van der Waals surface area contributed by atoms with Gasteiger partial charge in [-0.1, -0.05) is 30.4 Å². The van der Waals surface area contributed by atoms with Crippen molar-refractivity contribution in [2.24, 2.45) is 0 Å². The van der Waals surface area contributed by atoms with E-state index in [1.54, 1.807) is 54.6 Å². The van der Waals surface area contributed by atoms with Crippen LogP contribution in [0.25, 0.3) is 0 Å². The summed E-state index contributed by atoms with van der Waals surface area (Å²) < 4.78 is 29.3. The molecule has 5 aromatic rings. The van der Waals surface area contributed by atoms with Crippen LogP contribution in [0.4, 0.5) is 11.4 Å². The van der Waals surface area contributed by atoms with Crippen LogP contribution in [-0.2, 0) is 21.4 Å². The van der Waals surface area contributed by atoms with E-state index < -0.39 is 11.9 Å². The zero-order valence-electron chi connectivity index (χ0n) is 45.8. The summed E-state index contributed by atoms with van der Waals surface area (Å²) in [6.45, 7) is 27.2. The van der Waals surface area contributed by atoms with Gasteiger partial charge in [0.1, 0.15) is 24.7 Å². The van der Waals surface area contributed by atoms with Crippen LogP contribution in [0, 0.1) is 41.5 Å². The first-order chi connectivity index (χ1) is 35.8. The average Bonchev–Trinajstić information content (AvgIpc) is 4.18. The minimum absolute atomic E-state index is 0.0582. The van der Waals surface area contributed by atoms with Gasteiger partial charge in [0.25, 0.3) is 0 Å². The summed E-state index contributed by atoms with van der Waals surface area (Å²) in [5, 5.41) is 0. The van der Waals surface area contributed by atoms with Gasteiger partial charge in [-0.05, 0) is 106 Å². The van der Waals surface area contributed by atoms with Crippen LogP contribution in [-0.4, -0.2) is 67.5 Å². The monoisotopic (exact) mass is 1150 g/mol. The Hall–Kier alpha value is -5.80. The number of allylic oxidation sites excluding steroid dienone is 2. The van der Waals surface area contributed by atoms with E-state index in [0.29, 0.717) is 30.1 Å². The molecule has 2 saturated carbocycles. The number of carbonyl (C=O) groups excluding carboxylic acids is 2. The van der Waals surface area contributed by atoms with Crippen molar-refractivity contribution in [3.63, 3.8) is 0 Å². The third-order valence-electron chi connectivity index (χ3n) is 12.6. The number of carbonyl (C=O) groups is 2. The molecule has 0 spiro atoms. The number of methoxy groups -OCH3 is 2. The first kappa shape index (κ1) is 60.1.